The van der Waals surface area contributed by atoms with E-state index in [1.807, 2.05) is 0 Å². The van der Waals surface area contributed by atoms with Gasteiger partial charge in [-0.05, 0) is 0 Å². The molecule has 0 aromatic carbocycles. The molecule has 6 N–H and O–H groups in total. The number of hydrogen-bond acceptors (Lipinski definition) is 16. The number of phosphoric ester groups is 5. The van der Waals surface area contributed by atoms with Gasteiger partial charge in [-0.25, -0.2) is 0 Å². The van der Waals surface area contributed by atoms with E-state index in [2.05, 4.69) is 22.6 Å². The average Bonchev–Trinajstić information content (AvgIpc) is 2.45. The molecule has 0 aromatic rings. The van der Waals surface area contributed by atoms with E-state index < -0.39 is 75.7 Å². The van der Waals surface area contributed by atoms with E-state index in [1.54, 1.807) is 0 Å². The van der Waals surface area contributed by atoms with Crippen molar-refractivity contribution in [1.82, 2.24) is 0 Å². The minimum atomic E-state index is -6.18. The van der Waals surface area contributed by atoms with Crippen LogP contribution in [-0.2, 0) is 45.4 Å². The van der Waals surface area contributed by atoms with Crippen LogP contribution in [0.15, 0.2) is 0 Å². The summed E-state index contributed by atoms with van der Waals surface area (Å²) in [6.07, 6.45) is -18.4. The Kier molecular flexibility index (Phi) is 28.0. The molecule has 1 fully saturated rings. The fraction of sp³-hybridized carbons (Fsp3) is 1.00. The van der Waals surface area contributed by atoms with Crippen molar-refractivity contribution in [2.24, 2.45) is 0 Å². The molecule has 1 aliphatic rings. The first kappa shape index (κ1) is 52.1. The minimum absolute atomic E-state index is 0. The van der Waals surface area contributed by atoms with E-state index >= 15 is 0 Å². The zero-order valence-corrected chi connectivity index (χ0v) is 34.0. The van der Waals surface area contributed by atoms with Crippen LogP contribution in [0.25, 0.3) is 0 Å². The van der Waals surface area contributed by atoms with E-state index in [4.69, 9.17) is 24.5 Å². The third kappa shape index (κ3) is 21.8. The SMILES string of the molecule is O=P([O-])(O)OC1[C@@H](OP(=O)([O-])O)[C@H](OP(=O)([O-])O)C(O)[C@H](OP(=O)([O-])O)[C@H]1OP(=O)([O-])O.[Na+].[Na+].[Na+].[Na+].[Na+]. The van der Waals surface area contributed by atoms with Gasteiger partial charge in [0.15, 0.2) is 0 Å². The maximum absolute atomic E-state index is 11.1. The summed E-state index contributed by atoms with van der Waals surface area (Å²) in [4.78, 5) is 99.7. The van der Waals surface area contributed by atoms with Crippen LogP contribution in [0.5, 0.6) is 0 Å². The second-order valence-electron chi connectivity index (χ2n) is 5.68. The van der Waals surface area contributed by atoms with Gasteiger partial charge in [-0.2, -0.15) is 0 Å². The number of aliphatic hydroxyl groups excluding tert-OH is 1. The van der Waals surface area contributed by atoms with Crippen molar-refractivity contribution in [3.05, 3.63) is 0 Å². The minimum Gasteiger partial charge on any atom is -0.756 e. The summed E-state index contributed by atoms with van der Waals surface area (Å²) in [5.41, 5.74) is 0. The van der Waals surface area contributed by atoms with Crippen molar-refractivity contribution in [2.45, 2.75) is 36.6 Å². The van der Waals surface area contributed by atoms with Gasteiger partial charge in [0.25, 0.3) is 39.1 Å². The molecule has 21 nitrogen and oxygen atoms in total. The number of phosphoric acid groups is 5. The van der Waals surface area contributed by atoms with Gasteiger partial charge in [0, 0.05) is 0 Å². The first-order valence-corrected chi connectivity index (χ1v) is 14.7. The predicted octanol–water partition coefficient (Wildman–Crippen LogP) is -21.4. The zero-order valence-electron chi connectivity index (χ0n) is 19.5. The van der Waals surface area contributed by atoms with Crippen LogP contribution in [0, 0.1) is 0 Å². The van der Waals surface area contributed by atoms with Crippen molar-refractivity contribution in [1.29, 1.82) is 0 Å². The van der Waals surface area contributed by atoms with E-state index in [0.717, 1.165) is 0 Å². The van der Waals surface area contributed by atoms with Crippen molar-refractivity contribution in [2.75, 3.05) is 0 Å². The summed E-state index contributed by atoms with van der Waals surface area (Å²) in [6, 6.07) is 0. The van der Waals surface area contributed by atoms with Gasteiger partial charge in [0.05, 0.1) is 0 Å². The Morgan fingerprint density at radius 3 is 0.703 bits per heavy atom. The fourth-order valence-corrected chi connectivity index (χ4v) is 5.26. The van der Waals surface area contributed by atoms with Crippen LogP contribution < -0.4 is 172 Å². The van der Waals surface area contributed by atoms with Crippen molar-refractivity contribution < 1.29 is 247 Å². The van der Waals surface area contributed by atoms with Gasteiger partial charge < -0.3 is 76.7 Å². The van der Waals surface area contributed by atoms with Gasteiger partial charge in [0.2, 0.25) is 0 Å². The van der Waals surface area contributed by atoms with Gasteiger partial charge in [0.1, 0.15) is 36.6 Å². The van der Waals surface area contributed by atoms with Crippen LogP contribution in [0.1, 0.15) is 0 Å². The maximum Gasteiger partial charge on any atom is 1.00 e. The van der Waals surface area contributed by atoms with Crippen molar-refractivity contribution in [3.63, 3.8) is 0 Å². The quantitative estimate of drug-likeness (QED) is 0.0915. The third-order valence-corrected chi connectivity index (χ3v) is 5.79. The number of hydrogen-bond donors (Lipinski definition) is 6. The fourth-order valence-electron chi connectivity index (χ4n) is 2.51. The number of aliphatic hydroxyl groups is 1. The standard InChI is InChI=1S/C6H17O21P5.5Na/c7-1-2(23-28(8,9)10)4(25-30(14,15)16)6(27-32(20,21)22)5(26-31(17,18)19)3(1)24-29(11,12)13;;;;;/h1-7H,(H2,8,9,10)(H2,11,12,13)(H2,14,15,16)(H2,17,18,19)(H2,20,21,22);;;;;/q;5*+1/p-5/t1?,2-,3+,4+,5-,6?;;;;;. The monoisotopic (exact) mass is 690 g/mol. The Morgan fingerprint density at radius 2 is 0.541 bits per heavy atom. The molecule has 1 saturated carbocycles. The molecule has 7 unspecified atom stereocenters. The molecule has 1 rings (SSSR count). The molecular weight excluding hydrogens is 678 g/mol. The Labute approximate surface area is 318 Å². The van der Waals surface area contributed by atoms with E-state index in [0.29, 0.717) is 0 Å². The van der Waals surface area contributed by atoms with Crippen LogP contribution >= 0.6 is 39.1 Å². The molecule has 11 atom stereocenters. The summed E-state index contributed by atoms with van der Waals surface area (Å²) in [6.45, 7) is 0. The molecule has 0 amide bonds. The normalized spacial score (nSPS) is 33.3. The molecule has 37 heavy (non-hydrogen) atoms. The third-order valence-electron chi connectivity index (χ3n) is 3.24. The van der Waals surface area contributed by atoms with Gasteiger partial charge >= 0.3 is 148 Å². The van der Waals surface area contributed by atoms with Crippen molar-refractivity contribution >= 4 is 39.1 Å². The van der Waals surface area contributed by atoms with Gasteiger partial charge in [-0.15, -0.1) is 0 Å². The van der Waals surface area contributed by atoms with E-state index in [-0.39, 0.29) is 148 Å². The number of rotatable bonds is 10. The van der Waals surface area contributed by atoms with Crippen LogP contribution in [0.3, 0.4) is 0 Å². The second kappa shape index (κ2) is 19.9. The molecule has 0 radical (unpaired) electrons. The molecule has 192 valence electrons. The molecule has 0 heterocycles. The molecule has 0 spiro atoms. The van der Waals surface area contributed by atoms with Crippen molar-refractivity contribution in [3.8, 4) is 0 Å². The summed E-state index contributed by atoms with van der Waals surface area (Å²) >= 11 is 0. The largest absolute Gasteiger partial charge is 1.00 e. The molecule has 31 heteroatoms. The van der Waals surface area contributed by atoms with Crippen LogP contribution in [-0.4, -0.2) is 66.2 Å². The van der Waals surface area contributed by atoms with Gasteiger partial charge in [-0.1, -0.05) is 0 Å². The summed E-state index contributed by atoms with van der Waals surface area (Å²) in [7, 11) is -30.7. The first-order chi connectivity index (χ1) is 13.9. The van der Waals surface area contributed by atoms with E-state index in [1.165, 1.54) is 0 Å². The molecule has 1 aliphatic carbocycles. The smallest absolute Gasteiger partial charge is 0.756 e. The molecule has 0 bridgehead atoms. The Balaban J connectivity index is -0.000000683. The molecule has 0 saturated heterocycles. The molecular formula is C6H12Na5O21P5. The summed E-state index contributed by atoms with van der Waals surface area (Å²) < 4.78 is 74.8. The summed E-state index contributed by atoms with van der Waals surface area (Å²) in [5.74, 6) is 0. The Bertz CT molecular complexity index is 845. The predicted molar refractivity (Wildman–Crippen MR) is 79.5 cm³/mol. The topological polar surface area (TPSA) is 368 Å². The molecule has 0 aliphatic heterocycles. The maximum atomic E-state index is 11.1. The molecule has 0 aromatic heterocycles. The van der Waals surface area contributed by atoms with Gasteiger partial charge in [-0.3, -0.25) is 22.8 Å². The Hall–Kier alpha value is 5.51. The first-order valence-electron chi connectivity index (χ1n) is 7.18. The average molecular weight is 690 g/mol. The Morgan fingerprint density at radius 1 is 0.405 bits per heavy atom. The van der Waals surface area contributed by atoms with Crippen LogP contribution in [0.2, 0.25) is 0 Å². The summed E-state index contributed by atoms with van der Waals surface area (Å²) in [5, 5.41) is 10.1. The zero-order chi connectivity index (χ0) is 25.5. The van der Waals surface area contributed by atoms with E-state index in [9.17, 15) is 52.4 Å². The van der Waals surface area contributed by atoms with Crippen LogP contribution in [0.4, 0.5) is 0 Å². The second-order valence-corrected chi connectivity index (χ2v) is 11.4.